The van der Waals surface area contributed by atoms with E-state index in [2.05, 4.69) is 11.8 Å². The van der Waals surface area contributed by atoms with Crippen molar-refractivity contribution in [1.29, 1.82) is 0 Å². The van der Waals surface area contributed by atoms with Crippen LogP contribution >= 0.6 is 0 Å². The molecule has 1 aromatic carbocycles. The lowest BCUT2D eigenvalue weighted by Gasteiger charge is -2.19. The summed E-state index contributed by atoms with van der Waals surface area (Å²) in [5.41, 5.74) is 1.95. The smallest absolute Gasteiger partial charge is 0.312 e. The zero-order valence-electron chi connectivity index (χ0n) is 10.6. The van der Waals surface area contributed by atoms with Crippen molar-refractivity contribution in [1.82, 2.24) is 0 Å². The van der Waals surface area contributed by atoms with Crippen LogP contribution in [-0.4, -0.2) is 37.4 Å². The molecular weight excluding hydrogens is 230 g/mol. The second-order valence-corrected chi connectivity index (χ2v) is 4.51. The van der Waals surface area contributed by atoms with E-state index in [1.54, 1.807) is 0 Å². The van der Waals surface area contributed by atoms with Crippen LogP contribution in [0.1, 0.15) is 24.8 Å². The van der Waals surface area contributed by atoms with E-state index < -0.39 is 11.9 Å². The Labute approximate surface area is 107 Å². The zero-order chi connectivity index (χ0) is 13.0. The average Bonchev–Trinajstić information content (AvgIpc) is 2.74. The Morgan fingerprint density at radius 1 is 1.44 bits per heavy atom. The highest BCUT2D eigenvalue weighted by Crippen LogP contribution is 2.35. The molecule has 4 nitrogen and oxygen atoms in total. The monoisotopic (exact) mass is 249 g/mol. The minimum Gasteiger partial charge on any atom is -0.481 e. The Morgan fingerprint density at radius 2 is 2.22 bits per heavy atom. The molecule has 1 N–H and O–H groups in total. The Kier molecular flexibility index (Phi) is 4.20. The summed E-state index contributed by atoms with van der Waals surface area (Å²) < 4.78 is 5.47. The first-order valence-corrected chi connectivity index (χ1v) is 6.38. The summed E-state index contributed by atoms with van der Waals surface area (Å²) in [4.78, 5) is 13.3. The fourth-order valence-corrected chi connectivity index (χ4v) is 2.33. The van der Waals surface area contributed by atoms with Gasteiger partial charge in [-0.15, -0.1) is 0 Å². The summed E-state index contributed by atoms with van der Waals surface area (Å²) >= 11 is 0. The molecule has 18 heavy (non-hydrogen) atoms. The van der Waals surface area contributed by atoms with Crippen molar-refractivity contribution < 1.29 is 14.6 Å². The van der Waals surface area contributed by atoms with Gasteiger partial charge in [0.25, 0.3) is 0 Å². The number of hydrogen-bond donors (Lipinski definition) is 1. The third-order valence-corrected chi connectivity index (χ3v) is 3.21. The molecule has 0 bridgehead atoms. The van der Waals surface area contributed by atoms with Gasteiger partial charge < -0.3 is 14.7 Å². The van der Waals surface area contributed by atoms with Gasteiger partial charge >= 0.3 is 5.97 Å². The molecule has 2 rings (SSSR count). The molecule has 1 unspecified atom stereocenters. The fourth-order valence-electron chi connectivity index (χ4n) is 2.33. The van der Waals surface area contributed by atoms with Crippen molar-refractivity contribution in [3.63, 3.8) is 0 Å². The summed E-state index contributed by atoms with van der Waals surface area (Å²) in [6.07, 6.45) is 1.01. The maximum atomic E-state index is 11.2. The molecule has 1 atom stereocenters. The molecule has 0 aliphatic carbocycles. The van der Waals surface area contributed by atoms with E-state index in [0.29, 0.717) is 13.2 Å². The van der Waals surface area contributed by atoms with Gasteiger partial charge in [0.1, 0.15) is 5.92 Å². The van der Waals surface area contributed by atoms with Crippen LogP contribution in [0.3, 0.4) is 0 Å². The van der Waals surface area contributed by atoms with E-state index in [1.165, 1.54) is 0 Å². The maximum absolute atomic E-state index is 11.2. The Morgan fingerprint density at radius 3 is 2.94 bits per heavy atom. The Bertz CT molecular complexity index is 419. The van der Waals surface area contributed by atoms with E-state index in [1.807, 2.05) is 24.3 Å². The lowest BCUT2D eigenvalue weighted by atomic mass is 10.0. The predicted molar refractivity (Wildman–Crippen MR) is 70.1 cm³/mol. The SMILES string of the molecule is CCCOCCN1CC(C(=O)O)c2ccccc21. The van der Waals surface area contributed by atoms with E-state index in [4.69, 9.17) is 4.74 Å². The highest BCUT2D eigenvalue weighted by atomic mass is 16.5. The largest absolute Gasteiger partial charge is 0.481 e. The first-order chi connectivity index (χ1) is 8.74. The van der Waals surface area contributed by atoms with Crippen LogP contribution in [0.15, 0.2) is 24.3 Å². The van der Waals surface area contributed by atoms with E-state index in [0.717, 1.165) is 30.8 Å². The highest BCUT2D eigenvalue weighted by Gasteiger charge is 2.32. The van der Waals surface area contributed by atoms with Crippen LogP contribution < -0.4 is 4.90 Å². The van der Waals surface area contributed by atoms with Gasteiger partial charge in [0.2, 0.25) is 0 Å². The molecule has 1 aliphatic heterocycles. The van der Waals surface area contributed by atoms with Gasteiger partial charge in [-0.2, -0.15) is 0 Å². The number of hydrogen-bond acceptors (Lipinski definition) is 3. The van der Waals surface area contributed by atoms with E-state index in [9.17, 15) is 9.90 Å². The second-order valence-electron chi connectivity index (χ2n) is 4.51. The van der Waals surface area contributed by atoms with Crippen molar-refractivity contribution in [3.8, 4) is 0 Å². The van der Waals surface area contributed by atoms with Gasteiger partial charge in [0, 0.05) is 25.4 Å². The van der Waals surface area contributed by atoms with Gasteiger partial charge in [-0.3, -0.25) is 4.79 Å². The van der Waals surface area contributed by atoms with E-state index in [-0.39, 0.29) is 0 Å². The van der Waals surface area contributed by atoms with Crippen molar-refractivity contribution in [3.05, 3.63) is 29.8 Å². The number of rotatable bonds is 6. The van der Waals surface area contributed by atoms with Crippen LogP contribution in [0.4, 0.5) is 5.69 Å². The van der Waals surface area contributed by atoms with Crippen LogP contribution in [-0.2, 0) is 9.53 Å². The number of aliphatic carboxylic acids is 1. The van der Waals surface area contributed by atoms with Crippen LogP contribution in [0.5, 0.6) is 0 Å². The summed E-state index contributed by atoms with van der Waals surface area (Å²) in [6.45, 7) is 4.78. The first kappa shape index (κ1) is 12.9. The number of carbonyl (C=O) groups is 1. The molecule has 0 aromatic heterocycles. The van der Waals surface area contributed by atoms with Crippen LogP contribution in [0, 0.1) is 0 Å². The molecule has 1 aliphatic rings. The number of nitrogens with zero attached hydrogens (tertiary/aromatic N) is 1. The predicted octanol–water partition coefficient (Wildman–Crippen LogP) is 2.10. The number of para-hydroxylation sites is 1. The summed E-state index contributed by atoms with van der Waals surface area (Å²) in [6, 6.07) is 7.73. The molecule has 1 heterocycles. The molecule has 0 saturated heterocycles. The average molecular weight is 249 g/mol. The van der Waals surface area contributed by atoms with Gasteiger partial charge in [0.05, 0.1) is 6.61 Å². The fraction of sp³-hybridized carbons (Fsp3) is 0.500. The van der Waals surface area contributed by atoms with Crippen molar-refractivity contribution in [2.75, 3.05) is 31.2 Å². The van der Waals surface area contributed by atoms with Crippen molar-refractivity contribution in [2.45, 2.75) is 19.3 Å². The number of ether oxygens (including phenoxy) is 1. The number of anilines is 1. The van der Waals surface area contributed by atoms with Crippen LogP contribution in [0.25, 0.3) is 0 Å². The van der Waals surface area contributed by atoms with Gasteiger partial charge in [-0.1, -0.05) is 25.1 Å². The summed E-state index contributed by atoms with van der Waals surface area (Å²) in [7, 11) is 0. The molecule has 0 fully saturated rings. The van der Waals surface area contributed by atoms with Crippen LogP contribution in [0.2, 0.25) is 0 Å². The Hall–Kier alpha value is -1.55. The number of fused-ring (bicyclic) bond motifs is 1. The second kappa shape index (κ2) is 5.87. The maximum Gasteiger partial charge on any atom is 0.312 e. The summed E-state index contributed by atoms with van der Waals surface area (Å²) in [5.74, 6) is -1.16. The van der Waals surface area contributed by atoms with Crippen molar-refractivity contribution >= 4 is 11.7 Å². The highest BCUT2D eigenvalue weighted by molar-refractivity contribution is 5.82. The molecule has 0 spiro atoms. The zero-order valence-corrected chi connectivity index (χ0v) is 10.6. The minimum absolute atomic E-state index is 0.410. The van der Waals surface area contributed by atoms with Gasteiger partial charge in [0.15, 0.2) is 0 Å². The topological polar surface area (TPSA) is 49.8 Å². The Balaban J connectivity index is 2.04. The summed E-state index contributed by atoms with van der Waals surface area (Å²) in [5, 5.41) is 9.23. The van der Waals surface area contributed by atoms with E-state index >= 15 is 0 Å². The molecule has 0 saturated carbocycles. The number of carboxylic acid groups (broad SMARTS) is 1. The van der Waals surface area contributed by atoms with Gasteiger partial charge in [-0.05, 0) is 18.1 Å². The molecule has 0 radical (unpaired) electrons. The first-order valence-electron chi connectivity index (χ1n) is 6.38. The quantitative estimate of drug-likeness (QED) is 0.784. The number of carboxylic acids is 1. The van der Waals surface area contributed by atoms with Crippen molar-refractivity contribution in [2.24, 2.45) is 0 Å². The molecule has 0 amide bonds. The molecule has 1 aromatic rings. The molecular formula is C14H19NO3. The standard InChI is InChI=1S/C14H19NO3/c1-2-8-18-9-7-15-10-12(14(16)17)11-5-3-4-6-13(11)15/h3-6,12H,2,7-10H2,1H3,(H,16,17). The number of benzene rings is 1. The normalized spacial score (nSPS) is 17.8. The lowest BCUT2D eigenvalue weighted by Crippen LogP contribution is -2.28. The lowest BCUT2D eigenvalue weighted by molar-refractivity contribution is -0.138. The minimum atomic E-state index is -0.751. The third kappa shape index (κ3) is 2.64. The molecule has 98 valence electrons. The third-order valence-electron chi connectivity index (χ3n) is 3.21. The van der Waals surface area contributed by atoms with Gasteiger partial charge in [-0.25, -0.2) is 0 Å². The molecule has 4 heteroatoms.